The average molecular weight is 1090 g/mol. The summed E-state index contributed by atoms with van der Waals surface area (Å²) in [5.41, 5.74) is 9.54. The van der Waals surface area contributed by atoms with E-state index in [-0.39, 0.29) is 59.2 Å². The number of thioether (sulfide) groups is 2. The first kappa shape index (κ1) is 56.1. The first-order chi connectivity index (χ1) is 32.5. The minimum Gasteiger partial charge on any atom is -0.386 e. The van der Waals surface area contributed by atoms with Gasteiger partial charge in [0.2, 0.25) is 28.7 Å². The van der Waals surface area contributed by atoms with Crippen molar-refractivity contribution in [2.75, 3.05) is 37.8 Å². The molecule has 34 heteroatoms. The summed E-state index contributed by atoms with van der Waals surface area (Å²) in [5.74, 6) is -2.16. The third-order valence-electron chi connectivity index (χ3n) is 11.9. The van der Waals surface area contributed by atoms with Crippen molar-refractivity contribution in [3.63, 3.8) is 0 Å². The molecule has 70 heavy (non-hydrogen) atoms. The first-order valence-corrected chi connectivity index (χ1v) is 28.0. The largest absolute Gasteiger partial charge is 0.481 e. The molecule has 2 aromatic rings. The Morgan fingerprint density at radius 1 is 1.03 bits per heavy atom. The molecule has 0 aromatic carbocycles. The van der Waals surface area contributed by atoms with Crippen LogP contribution in [0.5, 0.6) is 0 Å². The number of imidazole rings is 1. The smallest absolute Gasteiger partial charge is 0.386 e. The number of aliphatic hydroxyl groups is 2. The molecule has 3 aliphatic heterocycles. The van der Waals surface area contributed by atoms with Gasteiger partial charge in [-0.25, -0.2) is 28.6 Å². The van der Waals surface area contributed by atoms with E-state index in [1.54, 1.807) is 0 Å². The number of ether oxygens (including phenoxy) is 1. The van der Waals surface area contributed by atoms with Gasteiger partial charge in [0, 0.05) is 35.4 Å². The average Bonchev–Trinajstić information content (AvgIpc) is 3.91. The lowest BCUT2D eigenvalue weighted by molar-refractivity contribution is -0.154. The van der Waals surface area contributed by atoms with Crippen LogP contribution < -0.4 is 27.4 Å². The van der Waals surface area contributed by atoms with E-state index in [0.717, 1.165) is 48.2 Å². The molecule has 29 nitrogen and oxygen atoms in total. The Balaban J connectivity index is 0.896. The van der Waals surface area contributed by atoms with Gasteiger partial charge in [-0.05, 0) is 26.7 Å². The van der Waals surface area contributed by atoms with Gasteiger partial charge in [0.15, 0.2) is 17.7 Å². The SMILES string of the molecule is CC(C)(COP(=O)(O)OP(=O)(O)OCC1OC(n2cnc3c(N)ncnc32)C(O)C1OP(=O)(O)O)C(O)C(=O)NCCC(=O)NCCSC(=O)[C@@H]1N2C(=O)[C@@H](NC(=O)C3(N)CCCCC3)[C@H]2SC1(C)C. The van der Waals surface area contributed by atoms with Crippen LogP contribution >= 0.6 is 47.0 Å². The molecule has 0 spiro atoms. The monoisotopic (exact) mass is 1090 g/mol. The van der Waals surface area contributed by atoms with Crippen molar-refractivity contribution in [3.8, 4) is 0 Å². The van der Waals surface area contributed by atoms with Gasteiger partial charge >= 0.3 is 23.5 Å². The quantitative estimate of drug-likeness (QED) is 0.0378. The Morgan fingerprint density at radius 3 is 2.37 bits per heavy atom. The molecular formula is C36H57N10O19P3S2. The molecule has 7 unspecified atom stereocenters. The van der Waals surface area contributed by atoms with Gasteiger partial charge in [-0.15, -0.1) is 11.8 Å². The lowest BCUT2D eigenvalue weighted by Crippen LogP contribution is -2.72. The highest BCUT2D eigenvalue weighted by Gasteiger charge is 2.64. The number of hydrogen-bond acceptors (Lipinski definition) is 22. The second-order valence-corrected chi connectivity index (χ2v) is 25.3. The van der Waals surface area contributed by atoms with Crippen LogP contribution in [0.1, 0.15) is 72.4 Å². The van der Waals surface area contributed by atoms with Crippen LogP contribution in [0.15, 0.2) is 12.7 Å². The topological polar surface area (TPSA) is 439 Å². The molecule has 0 radical (unpaired) electrons. The Kier molecular flexibility index (Phi) is 17.4. The summed E-state index contributed by atoms with van der Waals surface area (Å²) in [4.78, 5) is 118. The molecule has 4 fully saturated rings. The molecule has 4 amide bonds. The summed E-state index contributed by atoms with van der Waals surface area (Å²) in [5, 5.41) is 28.7. The third kappa shape index (κ3) is 13.1. The summed E-state index contributed by atoms with van der Waals surface area (Å²) in [6.07, 6.45) is -3.42. The summed E-state index contributed by atoms with van der Waals surface area (Å²) in [7, 11) is -16.5. The zero-order valence-electron chi connectivity index (χ0n) is 38.1. The maximum atomic E-state index is 13.4. The second kappa shape index (κ2) is 21.7. The summed E-state index contributed by atoms with van der Waals surface area (Å²) in [6.45, 7) is 3.86. The number of carbonyl (C=O) groups excluding carboxylic acids is 5. The van der Waals surface area contributed by atoms with Gasteiger partial charge in [-0.3, -0.25) is 42.1 Å². The van der Waals surface area contributed by atoms with Gasteiger partial charge in [-0.2, -0.15) is 4.31 Å². The van der Waals surface area contributed by atoms with Gasteiger partial charge < -0.3 is 66.8 Å². The van der Waals surface area contributed by atoms with Crippen molar-refractivity contribution in [1.82, 2.24) is 40.4 Å². The van der Waals surface area contributed by atoms with Crippen molar-refractivity contribution in [2.45, 2.75) is 125 Å². The van der Waals surface area contributed by atoms with E-state index >= 15 is 0 Å². The van der Waals surface area contributed by atoms with Crippen LogP contribution in [0.2, 0.25) is 0 Å². The highest BCUT2D eigenvalue weighted by atomic mass is 32.2. The number of hydrogen-bond donors (Lipinski definition) is 11. The summed E-state index contributed by atoms with van der Waals surface area (Å²) >= 11 is 2.35. The van der Waals surface area contributed by atoms with Crippen molar-refractivity contribution in [2.24, 2.45) is 11.1 Å². The molecule has 0 bridgehead atoms. The Labute approximate surface area is 408 Å². The molecule has 3 saturated heterocycles. The molecular weight excluding hydrogens is 1030 g/mol. The molecule has 10 atom stereocenters. The predicted molar refractivity (Wildman–Crippen MR) is 245 cm³/mol. The van der Waals surface area contributed by atoms with Gasteiger partial charge in [0.05, 0.1) is 25.1 Å². The Bertz CT molecular complexity index is 2460. The molecule has 2 aromatic heterocycles. The number of amides is 4. The number of aliphatic hydroxyl groups excluding tert-OH is 2. The van der Waals surface area contributed by atoms with E-state index in [1.165, 1.54) is 30.5 Å². The number of phosphoric ester groups is 3. The number of β-lactam (4-membered cyclic amide) rings is 1. The highest BCUT2D eigenvalue weighted by Crippen LogP contribution is 2.61. The van der Waals surface area contributed by atoms with E-state index in [0.29, 0.717) is 12.8 Å². The molecule has 6 rings (SSSR count). The molecule has 1 aliphatic carbocycles. The number of anilines is 1. The third-order valence-corrected chi connectivity index (χ3v) is 17.5. The van der Waals surface area contributed by atoms with Crippen LogP contribution in [-0.2, 0) is 60.3 Å². The van der Waals surface area contributed by atoms with Crippen LogP contribution in [0.25, 0.3) is 11.2 Å². The van der Waals surface area contributed by atoms with E-state index in [9.17, 15) is 67.5 Å². The number of carbonyl (C=O) groups is 5. The second-order valence-electron chi connectivity index (χ2n) is 18.2. The molecule has 392 valence electrons. The molecule has 4 aliphatic rings. The van der Waals surface area contributed by atoms with E-state index in [2.05, 4.69) is 39.7 Å². The van der Waals surface area contributed by atoms with Crippen LogP contribution in [0.4, 0.5) is 5.82 Å². The minimum atomic E-state index is -5.61. The number of nitrogens with one attached hydrogen (secondary N) is 3. The Hall–Kier alpha value is -3.19. The molecule has 1 saturated carbocycles. The predicted octanol–water partition coefficient (Wildman–Crippen LogP) is -1.13. The number of aromatic nitrogens is 4. The molecule has 5 heterocycles. The zero-order chi connectivity index (χ0) is 51.8. The summed E-state index contributed by atoms with van der Waals surface area (Å²) in [6, 6.07) is -1.56. The van der Waals surface area contributed by atoms with Crippen molar-refractivity contribution in [3.05, 3.63) is 12.7 Å². The lowest BCUT2D eigenvalue weighted by atomic mass is 9.81. The van der Waals surface area contributed by atoms with Crippen molar-refractivity contribution < 1.29 is 90.1 Å². The van der Waals surface area contributed by atoms with Gasteiger partial charge in [0.1, 0.15) is 53.7 Å². The summed E-state index contributed by atoms with van der Waals surface area (Å²) < 4.78 is 61.9. The standard InChI is InChI=1S/C36H57N10O19P3S2/c1-34(2,15-62-68(59,60)65-67(57,58)61-14-18-23(64-66(54,55)56)22(48)30(63-18)45-17-43-20-26(37)41-16-42-27(20)45)25(49)28(50)40-11-8-19(47)39-12-13-69-32(52)24-35(3,4)70-31-21(29(51)46(24)31)44-33(53)36(38)9-6-5-7-10-36/h16-18,21-25,30-31,48-49H,5-15,38H2,1-4H3,(H,39,47)(H,40,50)(H,44,53)(H,57,58)(H,59,60)(H2,37,41,42)(H2,54,55,56)/t18?,21-,22?,23?,24+,25?,30?,31-/m1/s1. The van der Waals surface area contributed by atoms with Crippen LogP contribution in [0, 0.1) is 5.41 Å². The van der Waals surface area contributed by atoms with Gasteiger partial charge in [-0.1, -0.05) is 44.9 Å². The number of nitrogen functional groups attached to an aromatic ring is 1. The van der Waals surface area contributed by atoms with Gasteiger partial charge in [0.25, 0.3) is 0 Å². The first-order valence-electron chi connectivity index (χ1n) is 21.6. The highest BCUT2D eigenvalue weighted by molar-refractivity contribution is 8.14. The van der Waals surface area contributed by atoms with E-state index < -0.39 is 112 Å². The maximum Gasteiger partial charge on any atom is 0.481 e. The minimum absolute atomic E-state index is 0.0175. The van der Waals surface area contributed by atoms with Crippen LogP contribution in [-0.4, -0.2) is 167 Å². The number of phosphoric acid groups is 3. The normalized spacial score (nSPS) is 27.4. The lowest BCUT2D eigenvalue weighted by Gasteiger charge is -2.45. The number of rotatable bonds is 22. The number of nitrogens with two attached hydrogens (primary N) is 2. The fourth-order valence-electron chi connectivity index (χ4n) is 8.18. The number of nitrogens with zero attached hydrogens (tertiary/aromatic N) is 5. The fourth-order valence-corrected chi connectivity index (χ4v) is 13.7. The van der Waals surface area contributed by atoms with E-state index in [1.807, 2.05) is 13.8 Å². The zero-order valence-corrected chi connectivity index (χ0v) is 42.4. The van der Waals surface area contributed by atoms with Crippen molar-refractivity contribution in [1.29, 1.82) is 0 Å². The van der Waals surface area contributed by atoms with Crippen LogP contribution in [0.3, 0.4) is 0 Å². The van der Waals surface area contributed by atoms with E-state index in [4.69, 9.17) is 25.3 Å². The van der Waals surface area contributed by atoms with Crippen molar-refractivity contribution >= 4 is 92.7 Å². The Morgan fingerprint density at radius 2 is 1.70 bits per heavy atom. The fraction of sp³-hybridized carbons (Fsp3) is 0.722. The maximum absolute atomic E-state index is 13.4. The number of fused-ring (bicyclic) bond motifs is 2. The molecule has 13 N–H and O–H groups in total.